The molecule has 1 aliphatic rings. The van der Waals surface area contributed by atoms with E-state index >= 15 is 0 Å². The molecule has 0 unspecified atom stereocenters. The van der Waals surface area contributed by atoms with Gasteiger partial charge in [-0.1, -0.05) is 24.3 Å². The monoisotopic (exact) mass is 565 g/mol. The quantitative estimate of drug-likeness (QED) is 0.323. The number of fused-ring (bicyclic) bond motifs is 1. The van der Waals surface area contributed by atoms with E-state index in [0.717, 1.165) is 63.8 Å². The maximum absolute atomic E-state index is 12.8. The van der Waals surface area contributed by atoms with Crippen molar-refractivity contribution in [2.24, 2.45) is 0 Å². The van der Waals surface area contributed by atoms with Crippen molar-refractivity contribution in [1.29, 1.82) is 0 Å². The van der Waals surface area contributed by atoms with Crippen LogP contribution in [0, 0.1) is 27.7 Å². The standard InChI is InChI=1S/C32H39NO6S/c1-18-11-12-23(16-19(18)2)27-20(3)26(24-13-14-25-22(17-24)10-9-15-38-25)28(21(4)29(27)33-40(8,36)37)30(31(34)35)39-32(5,6)7/h11-14,16-17,30,33H,9-10,15H2,1-8H3,(H,34,35)/t30-/m0/s1. The van der Waals surface area contributed by atoms with Gasteiger partial charge in [0.15, 0.2) is 6.10 Å². The van der Waals surface area contributed by atoms with Gasteiger partial charge in [0, 0.05) is 11.1 Å². The fourth-order valence-corrected chi connectivity index (χ4v) is 6.02. The van der Waals surface area contributed by atoms with Crippen molar-refractivity contribution < 1.29 is 27.8 Å². The smallest absolute Gasteiger partial charge is 0.337 e. The van der Waals surface area contributed by atoms with Crippen LogP contribution in [0.2, 0.25) is 0 Å². The van der Waals surface area contributed by atoms with Gasteiger partial charge in [0.1, 0.15) is 5.75 Å². The van der Waals surface area contributed by atoms with E-state index in [4.69, 9.17) is 9.47 Å². The van der Waals surface area contributed by atoms with Crippen molar-refractivity contribution in [3.05, 3.63) is 69.8 Å². The van der Waals surface area contributed by atoms with Crippen LogP contribution in [0.1, 0.15) is 66.7 Å². The predicted octanol–water partition coefficient (Wildman–Crippen LogP) is 6.89. The van der Waals surface area contributed by atoms with Crippen molar-refractivity contribution >= 4 is 21.7 Å². The highest BCUT2D eigenvalue weighted by Gasteiger charge is 2.34. The number of carboxylic acids is 1. The van der Waals surface area contributed by atoms with Gasteiger partial charge in [-0.2, -0.15) is 0 Å². The highest BCUT2D eigenvalue weighted by Crippen LogP contribution is 2.47. The molecule has 0 fully saturated rings. The second kappa shape index (κ2) is 10.9. The number of anilines is 1. The Morgan fingerprint density at radius 1 is 0.975 bits per heavy atom. The van der Waals surface area contributed by atoms with Crippen molar-refractivity contribution in [3.8, 4) is 28.0 Å². The molecule has 0 spiro atoms. The average molecular weight is 566 g/mol. The van der Waals surface area contributed by atoms with Crippen LogP contribution in [0.4, 0.5) is 5.69 Å². The first-order valence-corrected chi connectivity index (χ1v) is 15.4. The zero-order chi connectivity index (χ0) is 29.6. The van der Waals surface area contributed by atoms with E-state index in [-0.39, 0.29) is 0 Å². The Hall–Kier alpha value is -3.36. The summed E-state index contributed by atoms with van der Waals surface area (Å²) in [7, 11) is -3.71. The van der Waals surface area contributed by atoms with Crippen LogP contribution in [0.15, 0.2) is 36.4 Å². The van der Waals surface area contributed by atoms with Gasteiger partial charge in [-0.25, -0.2) is 13.2 Å². The minimum atomic E-state index is -3.71. The average Bonchev–Trinajstić information content (AvgIpc) is 2.85. The van der Waals surface area contributed by atoms with Crippen molar-refractivity contribution in [2.45, 2.75) is 73.0 Å². The van der Waals surface area contributed by atoms with Crippen molar-refractivity contribution in [1.82, 2.24) is 0 Å². The fraction of sp³-hybridized carbons (Fsp3) is 0.406. The van der Waals surface area contributed by atoms with E-state index in [1.807, 2.05) is 51.1 Å². The maximum Gasteiger partial charge on any atom is 0.337 e. The van der Waals surface area contributed by atoms with Gasteiger partial charge in [-0.15, -0.1) is 0 Å². The number of aryl methyl sites for hydroxylation is 3. The molecule has 1 heterocycles. The first-order valence-electron chi connectivity index (χ1n) is 13.5. The molecule has 0 aliphatic carbocycles. The predicted molar refractivity (Wildman–Crippen MR) is 160 cm³/mol. The number of hydrogen-bond acceptors (Lipinski definition) is 5. The lowest BCUT2D eigenvalue weighted by Gasteiger charge is -2.31. The van der Waals surface area contributed by atoms with E-state index in [1.54, 1.807) is 27.7 Å². The second-order valence-electron chi connectivity index (χ2n) is 11.7. The Kier molecular flexibility index (Phi) is 8.07. The first-order chi connectivity index (χ1) is 18.6. The lowest BCUT2D eigenvalue weighted by Crippen LogP contribution is -2.29. The number of nitrogens with one attached hydrogen (secondary N) is 1. The summed E-state index contributed by atoms with van der Waals surface area (Å²) >= 11 is 0. The van der Waals surface area contributed by atoms with E-state index in [2.05, 4.69) is 10.8 Å². The number of ether oxygens (including phenoxy) is 2. The zero-order valence-electron chi connectivity index (χ0n) is 24.6. The van der Waals surface area contributed by atoms with E-state index in [1.165, 1.54) is 0 Å². The number of aliphatic carboxylic acids is 1. The number of benzene rings is 3. The third kappa shape index (κ3) is 6.18. The molecule has 1 aliphatic heterocycles. The normalized spacial score (nSPS) is 14.3. The van der Waals surface area contributed by atoms with Crippen LogP contribution in [-0.2, 0) is 26.0 Å². The van der Waals surface area contributed by atoms with Gasteiger partial charge in [0.2, 0.25) is 10.0 Å². The molecular formula is C32H39NO6S. The summed E-state index contributed by atoms with van der Waals surface area (Å²) < 4.78 is 40.0. The van der Waals surface area contributed by atoms with Crippen LogP contribution < -0.4 is 9.46 Å². The van der Waals surface area contributed by atoms with Crippen molar-refractivity contribution in [2.75, 3.05) is 17.6 Å². The topological polar surface area (TPSA) is 102 Å². The summed E-state index contributed by atoms with van der Waals surface area (Å²) in [6.07, 6.45) is 1.52. The largest absolute Gasteiger partial charge is 0.493 e. The zero-order valence-corrected chi connectivity index (χ0v) is 25.4. The summed E-state index contributed by atoms with van der Waals surface area (Å²) in [6, 6.07) is 12.0. The van der Waals surface area contributed by atoms with E-state index in [0.29, 0.717) is 29.0 Å². The Morgan fingerprint density at radius 2 is 1.62 bits per heavy atom. The summed E-state index contributed by atoms with van der Waals surface area (Å²) in [5.41, 5.74) is 7.61. The molecule has 1 atom stereocenters. The van der Waals surface area contributed by atoms with Gasteiger partial charge in [0.05, 0.1) is 24.2 Å². The van der Waals surface area contributed by atoms with E-state index < -0.39 is 27.7 Å². The lowest BCUT2D eigenvalue weighted by atomic mass is 9.81. The van der Waals surface area contributed by atoms with Gasteiger partial charge in [-0.3, -0.25) is 4.72 Å². The third-order valence-corrected chi connectivity index (χ3v) is 7.86. The van der Waals surface area contributed by atoms with Gasteiger partial charge < -0.3 is 14.6 Å². The van der Waals surface area contributed by atoms with Crippen LogP contribution in [-0.4, -0.2) is 38.0 Å². The second-order valence-corrected chi connectivity index (χ2v) is 13.4. The van der Waals surface area contributed by atoms with Gasteiger partial charge in [0.25, 0.3) is 0 Å². The Morgan fingerprint density at radius 3 is 2.23 bits per heavy atom. The molecule has 3 aromatic rings. The molecular weight excluding hydrogens is 526 g/mol. The van der Waals surface area contributed by atoms with Crippen LogP contribution in [0.5, 0.6) is 5.75 Å². The molecule has 0 amide bonds. The highest BCUT2D eigenvalue weighted by atomic mass is 32.2. The Labute approximate surface area is 237 Å². The molecule has 0 radical (unpaired) electrons. The van der Waals surface area contributed by atoms with E-state index in [9.17, 15) is 18.3 Å². The lowest BCUT2D eigenvalue weighted by molar-refractivity contribution is -0.160. The fourth-order valence-electron chi connectivity index (χ4n) is 5.40. The van der Waals surface area contributed by atoms with Gasteiger partial charge >= 0.3 is 5.97 Å². The number of hydrogen-bond donors (Lipinski definition) is 2. The molecule has 40 heavy (non-hydrogen) atoms. The first kappa shape index (κ1) is 29.6. The summed E-state index contributed by atoms with van der Waals surface area (Å²) in [4.78, 5) is 12.8. The summed E-state index contributed by atoms with van der Waals surface area (Å²) in [5.74, 6) is -0.319. The molecule has 7 nitrogen and oxygen atoms in total. The molecule has 2 N–H and O–H groups in total. The number of carbonyl (C=O) groups is 1. The number of sulfonamides is 1. The number of carboxylic acid groups (broad SMARTS) is 1. The molecule has 8 heteroatoms. The molecule has 214 valence electrons. The highest BCUT2D eigenvalue weighted by molar-refractivity contribution is 7.92. The van der Waals surface area contributed by atoms with Gasteiger partial charge in [-0.05, 0) is 118 Å². The molecule has 0 saturated carbocycles. The SMILES string of the molecule is Cc1ccc(-c2c(C)c(-c3ccc4c(c3)CCCO4)c([C@H](OC(C)(C)C)C(=O)O)c(C)c2NS(C)(=O)=O)cc1C. The van der Waals surface area contributed by atoms with Crippen LogP contribution in [0.25, 0.3) is 22.3 Å². The van der Waals surface area contributed by atoms with Crippen LogP contribution in [0.3, 0.4) is 0 Å². The molecule has 4 rings (SSSR count). The Bertz CT molecular complexity index is 1580. The molecule has 0 bridgehead atoms. The molecule has 0 aromatic heterocycles. The maximum atomic E-state index is 12.8. The number of rotatable bonds is 7. The molecule has 0 saturated heterocycles. The minimum Gasteiger partial charge on any atom is -0.493 e. The Balaban J connectivity index is 2.17. The van der Waals surface area contributed by atoms with Crippen molar-refractivity contribution in [3.63, 3.8) is 0 Å². The summed E-state index contributed by atoms with van der Waals surface area (Å²) in [6.45, 7) is 13.8. The van der Waals surface area contributed by atoms with Crippen LogP contribution >= 0.6 is 0 Å². The summed E-state index contributed by atoms with van der Waals surface area (Å²) in [5, 5.41) is 10.5. The third-order valence-electron chi connectivity index (χ3n) is 7.29. The molecule has 3 aromatic carbocycles. The minimum absolute atomic E-state index is 0.354.